The van der Waals surface area contributed by atoms with Crippen molar-refractivity contribution >= 4 is 21.6 Å². The molecule has 0 atom stereocenters. The Labute approximate surface area is 190 Å². The average molecular weight is 453 g/mol. The van der Waals surface area contributed by atoms with Gasteiger partial charge in [0.15, 0.2) is 0 Å². The highest BCUT2D eigenvalue weighted by Gasteiger charge is 2.28. The summed E-state index contributed by atoms with van der Waals surface area (Å²) in [6.45, 7) is 3.64. The van der Waals surface area contributed by atoms with Gasteiger partial charge in [-0.25, -0.2) is 8.42 Å². The number of rotatable bonds is 8. The zero-order chi connectivity index (χ0) is 23.3. The van der Waals surface area contributed by atoms with Crippen LogP contribution in [0.15, 0.2) is 77.7 Å². The van der Waals surface area contributed by atoms with Crippen LogP contribution in [0.5, 0.6) is 5.75 Å². The quantitative estimate of drug-likeness (QED) is 0.515. The van der Waals surface area contributed by atoms with Crippen LogP contribution in [0.4, 0.5) is 5.69 Å². The highest BCUT2D eigenvalue weighted by molar-refractivity contribution is 7.89. The molecule has 6 nitrogen and oxygen atoms in total. The van der Waals surface area contributed by atoms with Gasteiger partial charge in [0.05, 0.1) is 18.6 Å². The van der Waals surface area contributed by atoms with Crippen molar-refractivity contribution in [2.45, 2.75) is 25.3 Å². The molecule has 1 amide bonds. The van der Waals surface area contributed by atoms with Gasteiger partial charge in [0.2, 0.25) is 15.9 Å². The third-order valence-electron chi connectivity index (χ3n) is 5.23. The number of carbonyl (C=O) groups excluding carboxylic acids is 1. The topological polar surface area (TPSA) is 66.9 Å². The molecule has 3 rings (SSSR count). The number of sulfonamides is 1. The summed E-state index contributed by atoms with van der Waals surface area (Å²) in [5, 5.41) is 0. The molecule has 0 radical (unpaired) electrons. The minimum atomic E-state index is -3.89. The lowest BCUT2D eigenvalue weighted by molar-refractivity contribution is -0.118. The van der Waals surface area contributed by atoms with Gasteiger partial charge in [-0.1, -0.05) is 53.6 Å². The van der Waals surface area contributed by atoms with Gasteiger partial charge < -0.3 is 9.64 Å². The number of likely N-dealkylation sites (N-methyl/N-ethyl adjacent to an activating group) is 1. The van der Waals surface area contributed by atoms with Crippen molar-refractivity contribution in [3.8, 4) is 5.75 Å². The van der Waals surface area contributed by atoms with E-state index in [9.17, 15) is 13.2 Å². The number of amides is 1. The molecule has 0 fully saturated rings. The van der Waals surface area contributed by atoms with Crippen molar-refractivity contribution in [3.63, 3.8) is 0 Å². The molecular weight excluding hydrogens is 424 g/mol. The number of hydrogen-bond acceptors (Lipinski definition) is 4. The van der Waals surface area contributed by atoms with Gasteiger partial charge in [-0.15, -0.1) is 0 Å². The molecule has 0 aliphatic carbocycles. The molecule has 0 aliphatic heterocycles. The summed E-state index contributed by atoms with van der Waals surface area (Å²) in [6.07, 6.45) is 0. The number of carbonyl (C=O) groups is 1. The van der Waals surface area contributed by atoms with Crippen LogP contribution < -0.4 is 9.64 Å². The van der Waals surface area contributed by atoms with Crippen molar-refractivity contribution in [1.82, 2.24) is 4.31 Å². The smallest absolute Gasteiger partial charge is 0.243 e. The lowest BCUT2D eigenvalue weighted by atomic mass is 10.1. The molecule has 0 bridgehead atoms. The van der Waals surface area contributed by atoms with Crippen LogP contribution in [0.2, 0.25) is 0 Å². The van der Waals surface area contributed by atoms with E-state index in [4.69, 9.17) is 4.74 Å². The second kappa shape index (κ2) is 9.97. The van der Waals surface area contributed by atoms with E-state index < -0.39 is 10.0 Å². The SMILES string of the molecule is COc1cccc(N(C)C(=O)CN(Cc2cccc(C)c2)S(=O)(=O)c2ccc(C)cc2)c1. The maximum absolute atomic E-state index is 13.5. The number of anilines is 1. The summed E-state index contributed by atoms with van der Waals surface area (Å²) < 4.78 is 33.4. The Balaban J connectivity index is 1.92. The molecular formula is C25H28N2O4S. The molecule has 0 saturated heterocycles. The van der Waals surface area contributed by atoms with Crippen LogP contribution in [0.25, 0.3) is 0 Å². The van der Waals surface area contributed by atoms with E-state index in [2.05, 4.69) is 0 Å². The molecule has 0 saturated carbocycles. The molecule has 0 unspecified atom stereocenters. The maximum Gasteiger partial charge on any atom is 0.243 e. The first-order chi connectivity index (χ1) is 15.2. The van der Waals surface area contributed by atoms with Crippen LogP contribution in [-0.4, -0.2) is 39.3 Å². The molecule has 3 aromatic rings. The van der Waals surface area contributed by atoms with Gasteiger partial charge in [-0.2, -0.15) is 4.31 Å². The average Bonchev–Trinajstić information content (AvgIpc) is 2.78. The van der Waals surface area contributed by atoms with E-state index in [1.165, 1.54) is 9.21 Å². The second-order valence-corrected chi connectivity index (χ2v) is 9.67. The first-order valence-electron chi connectivity index (χ1n) is 10.2. The molecule has 3 aromatic carbocycles. The van der Waals surface area contributed by atoms with Gasteiger partial charge >= 0.3 is 0 Å². The third-order valence-corrected chi connectivity index (χ3v) is 7.03. The predicted octanol–water partition coefficient (Wildman–Crippen LogP) is 4.17. The van der Waals surface area contributed by atoms with Gasteiger partial charge in [-0.3, -0.25) is 4.79 Å². The molecule has 168 valence electrons. The van der Waals surface area contributed by atoms with Crippen molar-refractivity contribution < 1.29 is 17.9 Å². The van der Waals surface area contributed by atoms with E-state index in [1.54, 1.807) is 62.7 Å². The Bertz CT molecular complexity index is 1190. The number of hydrogen-bond donors (Lipinski definition) is 0. The van der Waals surface area contributed by atoms with Crippen molar-refractivity contribution in [3.05, 3.63) is 89.5 Å². The third kappa shape index (κ3) is 5.55. The van der Waals surface area contributed by atoms with Crippen LogP contribution in [0.1, 0.15) is 16.7 Å². The van der Waals surface area contributed by atoms with Crippen LogP contribution in [0.3, 0.4) is 0 Å². The summed E-state index contributed by atoms with van der Waals surface area (Å²) in [5.74, 6) is 0.271. The fourth-order valence-electron chi connectivity index (χ4n) is 3.32. The van der Waals surface area contributed by atoms with Crippen LogP contribution in [-0.2, 0) is 21.4 Å². The number of methoxy groups -OCH3 is 1. The monoisotopic (exact) mass is 452 g/mol. The number of benzene rings is 3. The van der Waals surface area contributed by atoms with E-state index in [-0.39, 0.29) is 23.9 Å². The van der Waals surface area contributed by atoms with Gasteiger partial charge in [0.1, 0.15) is 5.75 Å². The van der Waals surface area contributed by atoms with Crippen molar-refractivity contribution in [2.75, 3.05) is 25.6 Å². The zero-order valence-electron chi connectivity index (χ0n) is 18.8. The first-order valence-corrected chi connectivity index (χ1v) is 11.7. The fraction of sp³-hybridized carbons (Fsp3) is 0.240. The van der Waals surface area contributed by atoms with E-state index in [1.807, 2.05) is 38.1 Å². The summed E-state index contributed by atoms with van der Waals surface area (Å²) in [4.78, 5) is 14.7. The highest BCUT2D eigenvalue weighted by Crippen LogP contribution is 2.23. The Kier molecular flexibility index (Phi) is 7.33. The molecule has 0 aromatic heterocycles. The van der Waals surface area contributed by atoms with Gasteiger partial charge in [0, 0.05) is 25.3 Å². The second-order valence-electron chi connectivity index (χ2n) is 7.73. The normalized spacial score (nSPS) is 11.4. The maximum atomic E-state index is 13.5. The standard InChI is InChI=1S/C25H28N2O4S/c1-19-11-13-24(14-12-19)32(29,30)27(17-21-8-5-7-20(2)15-21)18-25(28)26(3)22-9-6-10-23(16-22)31-4/h5-16H,17-18H2,1-4H3. The summed E-state index contributed by atoms with van der Waals surface area (Å²) in [6, 6.07) is 21.3. The Morgan fingerprint density at radius 3 is 2.25 bits per heavy atom. The van der Waals surface area contributed by atoms with E-state index >= 15 is 0 Å². The molecule has 0 aliphatic rings. The van der Waals surface area contributed by atoms with Crippen molar-refractivity contribution in [1.29, 1.82) is 0 Å². The van der Waals surface area contributed by atoms with Crippen molar-refractivity contribution in [2.24, 2.45) is 0 Å². The zero-order valence-corrected chi connectivity index (χ0v) is 19.6. The molecule has 0 heterocycles. The minimum absolute atomic E-state index is 0.0928. The van der Waals surface area contributed by atoms with Crippen LogP contribution >= 0.6 is 0 Å². The summed E-state index contributed by atoms with van der Waals surface area (Å²) in [5.41, 5.74) is 3.42. The fourth-order valence-corrected chi connectivity index (χ4v) is 4.70. The summed E-state index contributed by atoms with van der Waals surface area (Å²) in [7, 11) is -0.712. The lowest BCUT2D eigenvalue weighted by Crippen LogP contribution is -2.41. The largest absolute Gasteiger partial charge is 0.497 e. The number of nitrogens with zero attached hydrogens (tertiary/aromatic N) is 2. The molecule has 0 N–H and O–H groups in total. The van der Waals surface area contributed by atoms with Gasteiger partial charge in [-0.05, 0) is 43.7 Å². The minimum Gasteiger partial charge on any atom is -0.497 e. The highest BCUT2D eigenvalue weighted by atomic mass is 32.2. The molecule has 7 heteroatoms. The summed E-state index contributed by atoms with van der Waals surface area (Å²) >= 11 is 0. The lowest BCUT2D eigenvalue weighted by Gasteiger charge is -2.25. The van der Waals surface area contributed by atoms with E-state index in [0.29, 0.717) is 11.4 Å². The number of aryl methyl sites for hydroxylation is 2. The van der Waals surface area contributed by atoms with Crippen LogP contribution in [0, 0.1) is 13.8 Å². The number of ether oxygens (including phenoxy) is 1. The Morgan fingerprint density at radius 1 is 0.906 bits per heavy atom. The van der Waals surface area contributed by atoms with E-state index in [0.717, 1.165) is 16.7 Å². The Morgan fingerprint density at radius 2 is 1.59 bits per heavy atom. The Hall–Kier alpha value is -3.16. The molecule has 32 heavy (non-hydrogen) atoms. The van der Waals surface area contributed by atoms with Gasteiger partial charge in [0.25, 0.3) is 0 Å². The predicted molar refractivity (Wildman–Crippen MR) is 126 cm³/mol. The first kappa shape index (κ1) is 23.5. The molecule has 0 spiro atoms.